The molecule has 0 saturated heterocycles. The van der Waals surface area contributed by atoms with Crippen molar-refractivity contribution in [2.45, 2.75) is 13.0 Å². The van der Waals surface area contributed by atoms with Gasteiger partial charge in [-0.2, -0.15) is 0 Å². The molecule has 2 rings (SSSR count). The number of hydrogen-bond acceptors (Lipinski definition) is 4. The number of amides is 1. The topological polar surface area (TPSA) is 41.6 Å². The summed E-state index contributed by atoms with van der Waals surface area (Å²) in [6, 6.07) is 12.0. The normalized spacial score (nSPS) is 12.2. The number of ether oxygens (including phenoxy) is 1. The summed E-state index contributed by atoms with van der Waals surface area (Å²) in [4.78, 5) is 15.3. The number of nitrogens with one attached hydrogen (secondary N) is 1. The SMILES string of the molecule is Cc1ccc(OCC(=O)NC[C@H](c2cccs2)N(C)C)cc1. The van der Waals surface area contributed by atoms with E-state index in [-0.39, 0.29) is 18.6 Å². The highest BCUT2D eigenvalue weighted by molar-refractivity contribution is 7.10. The Bertz CT molecular complexity index is 579. The van der Waals surface area contributed by atoms with Gasteiger partial charge in [0.2, 0.25) is 0 Å². The fraction of sp³-hybridized carbons (Fsp3) is 0.353. The molecule has 2 aromatic rings. The number of hydrogen-bond donors (Lipinski definition) is 1. The minimum absolute atomic E-state index is 0.0354. The molecule has 0 aliphatic carbocycles. The number of rotatable bonds is 7. The van der Waals surface area contributed by atoms with Crippen molar-refractivity contribution in [3.8, 4) is 5.75 Å². The first kappa shape index (κ1) is 16.5. The van der Waals surface area contributed by atoms with E-state index < -0.39 is 0 Å². The monoisotopic (exact) mass is 318 g/mol. The lowest BCUT2D eigenvalue weighted by Crippen LogP contribution is -2.36. The molecule has 0 aliphatic rings. The Labute approximate surface area is 135 Å². The Kier molecular flexibility index (Phi) is 5.98. The highest BCUT2D eigenvalue weighted by Gasteiger charge is 2.16. The van der Waals surface area contributed by atoms with Gasteiger partial charge < -0.3 is 15.0 Å². The van der Waals surface area contributed by atoms with E-state index in [9.17, 15) is 4.79 Å². The Morgan fingerprint density at radius 1 is 1.27 bits per heavy atom. The maximum Gasteiger partial charge on any atom is 0.258 e. The van der Waals surface area contributed by atoms with E-state index in [1.165, 1.54) is 10.4 Å². The summed E-state index contributed by atoms with van der Waals surface area (Å²) in [6.45, 7) is 2.62. The summed E-state index contributed by atoms with van der Waals surface area (Å²) >= 11 is 1.70. The van der Waals surface area contributed by atoms with Gasteiger partial charge in [-0.05, 0) is 44.6 Å². The van der Waals surface area contributed by atoms with E-state index in [0.717, 1.165) is 0 Å². The van der Waals surface area contributed by atoms with Gasteiger partial charge in [0.15, 0.2) is 6.61 Å². The number of likely N-dealkylation sites (N-methyl/N-ethyl adjacent to an activating group) is 1. The van der Waals surface area contributed by atoms with Crippen molar-refractivity contribution in [3.63, 3.8) is 0 Å². The molecule has 1 amide bonds. The molecule has 1 N–H and O–H groups in total. The fourth-order valence-electron chi connectivity index (χ4n) is 2.06. The molecular formula is C17H22N2O2S. The Morgan fingerprint density at radius 2 is 2.00 bits per heavy atom. The second kappa shape index (κ2) is 7.96. The molecule has 1 aromatic heterocycles. The maximum absolute atomic E-state index is 11.9. The molecule has 1 aromatic carbocycles. The van der Waals surface area contributed by atoms with Crippen molar-refractivity contribution in [1.29, 1.82) is 0 Å². The number of benzene rings is 1. The van der Waals surface area contributed by atoms with E-state index >= 15 is 0 Å². The smallest absolute Gasteiger partial charge is 0.258 e. The third kappa shape index (κ3) is 4.86. The van der Waals surface area contributed by atoms with E-state index in [1.54, 1.807) is 11.3 Å². The highest BCUT2D eigenvalue weighted by Crippen LogP contribution is 2.22. The minimum atomic E-state index is -0.107. The first-order valence-corrected chi connectivity index (χ1v) is 8.10. The van der Waals surface area contributed by atoms with Crippen LogP contribution in [0.15, 0.2) is 41.8 Å². The summed E-state index contributed by atoms with van der Waals surface area (Å²) in [5.41, 5.74) is 1.17. The second-order valence-electron chi connectivity index (χ2n) is 5.40. The van der Waals surface area contributed by atoms with Crippen LogP contribution in [0.5, 0.6) is 5.75 Å². The quantitative estimate of drug-likeness (QED) is 0.853. The van der Waals surface area contributed by atoms with Gasteiger partial charge in [-0.25, -0.2) is 0 Å². The summed E-state index contributed by atoms with van der Waals surface area (Å²) in [5, 5.41) is 4.98. The lowest BCUT2D eigenvalue weighted by Gasteiger charge is -2.23. The average molecular weight is 318 g/mol. The number of carbonyl (C=O) groups is 1. The van der Waals surface area contributed by atoms with Gasteiger partial charge in [0.05, 0.1) is 6.04 Å². The van der Waals surface area contributed by atoms with Crippen LogP contribution >= 0.6 is 11.3 Å². The van der Waals surface area contributed by atoms with E-state index in [4.69, 9.17) is 4.74 Å². The standard InChI is InChI=1S/C17H22N2O2S/c1-13-6-8-14(9-7-13)21-12-17(20)18-11-15(19(2)3)16-5-4-10-22-16/h4-10,15H,11-12H2,1-3H3,(H,18,20)/t15-/m1/s1. The lowest BCUT2D eigenvalue weighted by atomic mass is 10.2. The number of carbonyl (C=O) groups excluding carboxylic acids is 1. The average Bonchev–Trinajstić information content (AvgIpc) is 3.00. The first-order valence-electron chi connectivity index (χ1n) is 7.22. The Morgan fingerprint density at radius 3 is 2.59 bits per heavy atom. The van der Waals surface area contributed by atoms with Gasteiger partial charge in [-0.1, -0.05) is 23.8 Å². The van der Waals surface area contributed by atoms with Crippen molar-refractivity contribution >= 4 is 17.2 Å². The van der Waals surface area contributed by atoms with Crippen molar-refractivity contribution in [1.82, 2.24) is 10.2 Å². The lowest BCUT2D eigenvalue weighted by molar-refractivity contribution is -0.123. The Hall–Kier alpha value is -1.85. The molecular weight excluding hydrogens is 296 g/mol. The van der Waals surface area contributed by atoms with Crippen LogP contribution in [0.25, 0.3) is 0 Å². The van der Waals surface area contributed by atoms with Crippen LogP contribution in [-0.4, -0.2) is 38.1 Å². The van der Waals surface area contributed by atoms with Gasteiger partial charge >= 0.3 is 0 Å². The molecule has 4 nitrogen and oxygen atoms in total. The minimum Gasteiger partial charge on any atom is -0.484 e. The van der Waals surface area contributed by atoms with Crippen LogP contribution in [0, 0.1) is 6.92 Å². The summed E-state index contributed by atoms with van der Waals surface area (Å²) < 4.78 is 5.48. The highest BCUT2D eigenvalue weighted by atomic mass is 32.1. The summed E-state index contributed by atoms with van der Waals surface area (Å²) in [6.07, 6.45) is 0. The van der Waals surface area contributed by atoms with Crippen LogP contribution in [0.4, 0.5) is 0 Å². The van der Waals surface area contributed by atoms with Crippen LogP contribution < -0.4 is 10.1 Å². The van der Waals surface area contributed by atoms with Gasteiger partial charge in [0.25, 0.3) is 5.91 Å². The number of thiophene rings is 1. The van der Waals surface area contributed by atoms with Crippen LogP contribution in [0.2, 0.25) is 0 Å². The molecule has 0 fully saturated rings. The summed E-state index contributed by atoms with van der Waals surface area (Å²) in [5.74, 6) is 0.604. The molecule has 0 unspecified atom stereocenters. The van der Waals surface area contributed by atoms with Crippen LogP contribution in [0.1, 0.15) is 16.5 Å². The molecule has 0 aliphatic heterocycles. The van der Waals surface area contributed by atoms with Gasteiger partial charge in [0.1, 0.15) is 5.75 Å². The van der Waals surface area contributed by atoms with Crippen molar-refractivity contribution in [2.24, 2.45) is 0 Å². The zero-order valence-corrected chi connectivity index (χ0v) is 14.0. The van der Waals surface area contributed by atoms with Gasteiger partial charge in [-0.3, -0.25) is 4.79 Å². The molecule has 0 spiro atoms. The van der Waals surface area contributed by atoms with Crippen LogP contribution in [-0.2, 0) is 4.79 Å². The van der Waals surface area contributed by atoms with Crippen molar-refractivity contribution in [2.75, 3.05) is 27.2 Å². The predicted octanol–water partition coefficient (Wildman–Crippen LogP) is 2.85. The largest absolute Gasteiger partial charge is 0.484 e. The second-order valence-corrected chi connectivity index (χ2v) is 6.38. The maximum atomic E-state index is 11.9. The summed E-state index contributed by atoms with van der Waals surface area (Å²) in [7, 11) is 4.03. The van der Waals surface area contributed by atoms with Gasteiger partial charge in [-0.15, -0.1) is 11.3 Å². The molecule has 22 heavy (non-hydrogen) atoms. The molecule has 5 heteroatoms. The Balaban J connectivity index is 1.80. The third-order valence-corrected chi connectivity index (χ3v) is 4.35. The zero-order chi connectivity index (χ0) is 15.9. The number of nitrogens with zero attached hydrogens (tertiary/aromatic N) is 1. The van der Waals surface area contributed by atoms with Crippen molar-refractivity contribution < 1.29 is 9.53 Å². The first-order chi connectivity index (χ1) is 10.6. The molecule has 1 atom stereocenters. The molecule has 1 heterocycles. The van der Waals surface area contributed by atoms with E-state index in [2.05, 4.69) is 16.3 Å². The van der Waals surface area contributed by atoms with E-state index in [0.29, 0.717) is 12.3 Å². The van der Waals surface area contributed by atoms with Crippen LogP contribution in [0.3, 0.4) is 0 Å². The molecule has 118 valence electrons. The predicted molar refractivity (Wildman–Crippen MR) is 90.4 cm³/mol. The molecule has 0 saturated carbocycles. The number of aryl methyl sites for hydroxylation is 1. The fourth-order valence-corrected chi connectivity index (χ4v) is 2.99. The third-order valence-electron chi connectivity index (χ3n) is 3.38. The molecule has 0 bridgehead atoms. The van der Waals surface area contributed by atoms with Crippen molar-refractivity contribution in [3.05, 3.63) is 52.2 Å². The van der Waals surface area contributed by atoms with E-state index in [1.807, 2.05) is 56.7 Å². The van der Waals surface area contributed by atoms with Gasteiger partial charge in [0, 0.05) is 11.4 Å². The zero-order valence-electron chi connectivity index (χ0n) is 13.2. The molecule has 0 radical (unpaired) electrons.